The molecule has 2 aliphatic heterocycles. The lowest BCUT2D eigenvalue weighted by atomic mass is 9.82. The predicted octanol–water partition coefficient (Wildman–Crippen LogP) is 2.80. The van der Waals surface area contributed by atoms with Gasteiger partial charge in [0.05, 0.1) is 7.11 Å². The molecule has 2 aromatic rings. The summed E-state index contributed by atoms with van der Waals surface area (Å²) in [6.07, 6.45) is 1.05. The number of hydrogen-bond acceptors (Lipinski definition) is 3. The van der Waals surface area contributed by atoms with Gasteiger partial charge in [-0.3, -0.25) is 9.59 Å². The van der Waals surface area contributed by atoms with Crippen LogP contribution in [0.3, 0.4) is 0 Å². The Bertz CT molecular complexity index is 931. The van der Waals surface area contributed by atoms with E-state index < -0.39 is 0 Å². The molecule has 0 N–H and O–H groups in total. The number of nitrogens with zero attached hydrogens (tertiary/aromatic N) is 2. The Labute approximate surface area is 153 Å². The molecule has 1 amide bonds. The van der Waals surface area contributed by atoms with E-state index in [2.05, 4.69) is 12.1 Å². The molecule has 5 heteroatoms. The van der Waals surface area contributed by atoms with Gasteiger partial charge in [0, 0.05) is 44.2 Å². The van der Waals surface area contributed by atoms with Crippen LogP contribution in [0.4, 0.5) is 0 Å². The van der Waals surface area contributed by atoms with Crippen molar-refractivity contribution in [1.29, 1.82) is 0 Å². The monoisotopic (exact) mass is 352 g/mol. The Balaban J connectivity index is 1.76. The van der Waals surface area contributed by atoms with E-state index in [9.17, 15) is 9.59 Å². The molecular weight excluding hydrogens is 328 g/mol. The van der Waals surface area contributed by atoms with E-state index in [4.69, 9.17) is 4.74 Å². The Morgan fingerprint density at radius 2 is 1.92 bits per heavy atom. The van der Waals surface area contributed by atoms with Crippen LogP contribution in [0, 0.1) is 12.8 Å². The molecule has 0 spiro atoms. The highest BCUT2D eigenvalue weighted by Gasteiger charge is 2.35. The fourth-order valence-electron chi connectivity index (χ4n) is 4.44. The van der Waals surface area contributed by atoms with Crippen molar-refractivity contribution in [3.63, 3.8) is 0 Å². The van der Waals surface area contributed by atoms with Gasteiger partial charge in [-0.2, -0.15) is 0 Å². The van der Waals surface area contributed by atoms with Crippen molar-refractivity contribution in [2.75, 3.05) is 20.2 Å². The first-order valence-corrected chi connectivity index (χ1v) is 9.11. The standard InChI is InChI=1S/C21H24N2O3/c1-13-6-16(4-5-20(13)26-3)17-8-19-18-7-15(10-22(12-18)14(2)24)11-23(19)21(25)9-17/h4-6,8-9,15,18H,7,10-12H2,1-3H3/t15-,18+/m0/s1. The molecule has 0 saturated carbocycles. The molecule has 1 aromatic carbocycles. The summed E-state index contributed by atoms with van der Waals surface area (Å²) < 4.78 is 7.25. The molecule has 5 nitrogen and oxygen atoms in total. The fraction of sp³-hybridized carbons (Fsp3) is 0.429. The quantitative estimate of drug-likeness (QED) is 0.835. The van der Waals surface area contributed by atoms with Gasteiger partial charge < -0.3 is 14.2 Å². The number of fused-ring (bicyclic) bond motifs is 4. The maximum Gasteiger partial charge on any atom is 0.251 e. The minimum Gasteiger partial charge on any atom is -0.496 e. The summed E-state index contributed by atoms with van der Waals surface area (Å²) in [5, 5.41) is 0. The molecule has 2 atom stereocenters. The first-order chi connectivity index (χ1) is 12.5. The number of carbonyl (C=O) groups excluding carboxylic acids is 1. The van der Waals surface area contributed by atoms with Crippen LogP contribution in [-0.2, 0) is 11.3 Å². The van der Waals surface area contributed by atoms with E-state index in [0.29, 0.717) is 19.0 Å². The molecule has 4 rings (SSSR count). The first-order valence-electron chi connectivity index (χ1n) is 9.11. The topological polar surface area (TPSA) is 51.5 Å². The van der Waals surface area contributed by atoms with Crippen LogP contribution >= 0.6 is 0 Å². The number of amides is 1. The van der Waals surface area contributed by atoms with Crippen molar-refractivity contribution in [3.8, 4) is 16.9 Å². The Morgan fingerprint density at radius 3 is 2.62 bits per heavy atom. The predicted molar refractivity (Wildman–Crippen MR) is 101 cm³/mol. The molecule has 1 saturated heterocycles. The Hall–Kier alpha value is -2.56. The number of methoxy groups -OCH3 is 1. The zero-order chi connectivity index (χ0) is 18.4. The van der Waals surface area contributed by atoms with Gasteiger partial charge in [-0.05, 0) is 54.2 Å². The molecule has 1 fully saturated rings. The van der Waals surface area contributed by atoms with Crippen LogP contribution in [0.2, 0.25) is 0 Å². The Kier molecular flexibility index (Phi) is 4.10. The van der Waals surface area contributed by atoms with E-state index in [0.717, 1.165) is 41.1 Å². The average molecular weight is 352 g/mol. The highest BCUT2D eigenvalue weighted by molar-refractivity contribution is 5.73. The zero-order valence-electron chi connectivity index (χ0n) is 15.5. The number of ether oxygens (including phenoxy) is 1. The minimum atomic E-state index is 0.0527. The van der Waals surface area contributed by atoms with Gasteiger partial charge in [0.1, 0.15) is 5.75 Å². The van der Waals surface area contributed by atoms with E-state index in [1.54, 1.807) is 20.1 Å². The number of likely N-dealkylation sites (tertiary alicyclic amines) is 1. The van der Waals surface area contributed by atoms with Gasteiger partial charge in [0.25, 0.3) is 5.56 Å². The molecule has 26 heavy (non-hydrogen) atoms. The molecule has 3 heterocycles. The van der Waals surface area contributed by atoms with Gasteiger partial charge in [-0.15, -0.1) is 0 Å². The lowest BCUT2D eigenvalue weighted by Crippen LogP contribution is -2.48. The minimum absolute atomic E-state index is 0.0527. The van der Waals surface area contributed by atoms with Crippen molar-refractivity contribution in [2.45, 2.75) is 32.7 Å². The number of piperidine rings is 1. The van der Waals surface area contributed by atoms with Gasteiger partial charge >= 0.3 is 0 Å². The number of rotatable bonds is 2. The van der Waals surface area contributed by atoms with E-state index in [1.165, 1.54) is 0 Å². The van der Waals surface area contributed by atoms with Crippen molar-refractivity contribution in [3.05, 3.63) is 51.9 Å². The summed E-state index contributed by atoms with van der Waals surface area (Å²) in [6.45, 7) is 5.80. The highest BCUT2D eigenvalue weighted by atomic mass is 16.5. The number of carbonyl (C=O) groups is 1. The van der Waals surface area contributed by atoms with Crippen molar-refractivity contribution < 1.29 is 9.53 Å². The molecule has 0 aliphatic carbocycles. The number of hydrogen-bond donors (Lipinski definition) is 0. The first kappa shape index (κ1) is 16.9. The fourth-order valence-corrected chi connectivity index (χ4v) is 4.44. The summed E-state index contributed by atoms with van der Waals surface area (Å²) in [4.78, 5) is 26.5. The van der Waals surface area contributed by atoms with Crippen LogP contribution in [0.5, 0.6) is 5.75 Å². The molecule has 0 unspecified atom stereocenters. The second-order valence-electron chi connectivity index (χ2n) is 7.52. The van der Waals surface area contributed by atoms with Gasteiger partial charge in [0.15, 0.2) is 0 Å². The molecule has 2 bridgehead atoms. The van der Waals surface area contributed by atoms with Crippen molar-refractivity contribution in [2.24, 2.45) is 5.92 Å². The lowest BCUT2D eigenvalue weighted by molar-refractivity contribution is -0.131. The number of aryl methyl sites for hydroxylation is 1. The SMILES string of the molecule is COc1ccc(-c2cc3n(c(=O)c2)C[C@H]2C[C@@H]3CN(C(C)=O)C2)cc1C. The number of pyridine rings is 1. The van der Waals surface area contributed by atoms with Crippen LogP contribution in [0.15, 0.2) is 35.1 Å². The molecular formula is C21H24N2O3. The van der Waals surface area contributed by atoms with Gasteiger partial charge in [0.2, 0.25) is 5.91 Å². The third kappa shape index (κ3) is 2.81. The highest BCUT2D eigenvalue weighted by Crippen LogP contribution is 2.37. The van der Waals surface area contributed by atoms with Crippen LogP contribution in [-0.4, -0.2) is 35.6 Å². The number of aromatic nitrogens is 1. The van der Waals surface area contributed by atoms with E-state index >= 15 is 0 Å². The summed E-state index contributed by atoms with van der Waals surface area (Å²) in [7, 11) is 1.66. The average Bonchev–Trinajstić information content (AvgIpc) is 2.62. The van der Waals surface area contributed by atoms with E-state index in [1.807, 2.05) is 28.5 Å². The van der Waals surface area contributed by atoms with Crippen LogP contribution in [0.1, 0.15) is 30.5 Å². The third-order valence-electron chi connectivity index (χ3n) is 5.73. The smallest absolute Gasteiger partial charge is 0.251 e. The maximum atomic E-state index is 12.8. The molecule has 136 valence electrons. The normalized spacial score (nSPS) is 21.3. The van der Waals surface area contributed by atoms with Gasteiger partial charge in [-0.25, -0.2) is 0 Å². The summed E-state index contributed by atoms with van der Waals surface area (Å²) in [5.41, 5.74) is 4.11. The third-order valence-corrected chi connectivity index (χ3v) is 5.73. The summed E-state index contributed by atoms with van der Waals surface area (Å²) in [6, 6.07) is 9.85. The second-order valence-corrected chi connectivity index (χ2v) is 7.52. The maximum absolute atomic E-state index is 12.8. The van der Waals surface area contributed by atoms with Crippen molar-refractivity contribution in [1.82, 2.24) is 9.47 Å². The van der Waals surface area contributed by atoms with E-state index in [-0.39, 0.29) is 17.4 Å². The van der Waals surface area contributed by atoms with Crippen LogP contribution < -0.4 is 10.3 Å². The van der Waals surface area contributed by atoms with Crippen LogP contribution in [0.25, 0.3) is 11.1 Å². The molecule has 2 aliphatic rings. The summed E-state index contributed by atoms with van der Waals surface area (Å²) in [5.74, 6) is 1.57. The summed E-state index contributed by atoms with van der Waals surface area (Å²) >= 11 is 0. The molecule has 1 aromatic heterocycles. The second kappa shape index (κ2) is 6.31. The zero-order valence-corrected chi connectivity index (χ0v) is 15.5. The Morgan fingerprint density at radius 1 is 1.12 bits per heavy atom. The lowest BCUT2D eigenvalue weighted by Gasteiger charge is -2.42. The largest absolute Gasteiger partial charge is 0.496 e. The van der Waals surface area contributed by atoms with Gasteiger partial charge in [-0.1, -0.05) is 6.07 Å². The molecule has 0 radical (unpaired) electrons. The van der Waals surface area contributed by atoms with Crippen molar-refractivity contribution >= 4 is 5.91 Å². The number of benzene rings is 1.